The minimum absolute atomic E-state index is 0.171. The topological polar surface area (TPSA) is 80.3 Å². The van der Waals surface area contributed by atoms with Gasteiger partial charge >= 0.3 is 6.18 Å². The standard InChI is InChI=1S/C13H16F3N3O3/c1-2-5-17-10(20)7-19-11(21)9-4-3-6-18-12(9)22-8-13(14,15)16/h3-4,6H,2,5,7-8H2,1H3,(H,17,20)(H,19,21). The summed E-state index contributed by atoms with van der Waals surface area (Å²) < 4.78 is 40.9. The number of hydrogen-bond acceptors (Lipinski definition) is 4. The summed E-state index contributed by atoms with van der Waals surface area (Å²) in [7, 11) is 0. The summed E-state index contributed by atoms with van der Waals surface area (Å²) in [5.41, 5.74) is -0.171. The predicted molar refractivity (Wildman–Crippen MR) is 71.4 cm³/mol. The molecule has 0 atom stereocenters. The number of hydrogen-bond donors (Lipinski definition) is 2. The molecule has 0 saturated heterocycles. The van der Waals surface area contributed by atoms with Gasteiger partial charge in [0.2, 0.25) is 11.8 Å². The van der Waals surface area contributed by atoms with Crippen molar-refractivity contribution in [3.8, 4) is 5.88 Å². The number of aromatic nitrogens is 1. The highest BCUT2D eigenvalue weighted by molar-refractivity contribution is 5.98. The molecule has 22 heavy (non-hydrogen) atoms. The molecular weight excluding hydrogens is 303 g/mol. The fourth-order valence-corrected chi connectivity index (χ4v) is 1.41. The van der Waals surface area contributed by atoms with Crippen LogP contribution < -0.4 is 15.4 Å². The lowest BCUT2D eigenvalue weighted by Gasteiger charge is -2.12. The van der Waals surface area contributed by atoms with Gasteiger partial charge < -0.3 is 15.4 Å². The number of halogens is 3. The zero-order valence-corrected chi connectivity index (χ0v) is 11.9. The maximum Gasteiger partial charge on any atom is 0.422 e. The lowest BCUT2D eigenvalue weighted by atomic mass is 10.2. The Balaban J connectivity index is 2.63. The molecule has 1 rings (SSSR count). The van der Waals surface area contributed by atoms with Crippen LogP contribution in [0.1, 0.15) is 23.7 Å². The molecule has 122 valence electrons. The van der Waals surface area contributed by atoms with E-state index in [0.717, 1.165) is 6.42 Å². The monoisotopic (exact) mass is 319 g/mol. The Bertz CT molecular complexity index is 521. The zero-order chi connectivity index (χ0) is 16.6. The van der Waals surface area contributed by atoms with Crippen LogP contribution in [0.25, 0.3) is 0 Å². The molecule has 1 aromatic heterocycles. The molecule has 0 aliphatic heterocycles. The number of nitrogens with zero attached hydrogens (tertiary/aromatic N) is 1. The van der Waals surface area contributed by atoms with Gasteiger partial charge in [0.1, 0.15) is 5.56 Å². The first-order valence-corrected chi connectivity index (χ1v) is 6.53. The van der Waals surface area contributed by atoms with Gasteiger partial charge in [-0.2, -0.15) is 13.2 Å². The molecular formula is C13H16F3N3O3. The number of carbonyl (C=O) groups is 2. The summed E-state index contributed by atoms with van der Waals surface area (Å²) in [6.07, 6.45) is -2.58. The van der Waals surface area contributed by atoms with Crippen LogP contribution in [0.2, 0.25) is 0 Å². The second-order valence-electron chi connectivity index (χ2n) is 4.29. The van der Waals surface area contributed by atoms with E-state index in [0.29, 0.717) is 6.54 Å². The third-order valence-corrected chi connectivity index (χ3v) is 2.37. The Morgan fingerprint density at radius 2 is 2.05 bits per heavy atom. The molecule has 0 aromatic carbocycles. The number of pyridine rings is 1. The molecule has 0 aliphatic carbocycles. The van der Waals surface area contributed by atoms with Crippen molar-refractivity contribution in [2.24, 2.45) is 0 Å². The minimum atomic E-state index is -4.54. The molecule has 0 aliphatic rings. The molecule has 0 fully saturated rings. The molecule has 2 amide bonds. The van der Waals surface area contributed by atoms with E-state index in [4.69, 9.17) is 0 Å². The van der Waals surface area contributed by atoms with E-state index in [1.165, 1.54) is 18.3 Å². The predicted octanol–water partition coefficient (Wildman–Crippen LogP) is 1.28. The van der Waals surface area contributed by atoms with Gasteiger partial charge in [-0.15, -0.1) is 0 Å². The van der Waals surface area contributed by atoms with Crippen molar-refractivity contribution >= 4 is 11.8 Å². The van der Waals surface area contributed by atoms with E-state index in [1.54, 1.807) is 0 Å². The van der Waals surface area contributed by atoms with Crippen LogP contribution in [-0.2, 0) is 4.79 Å². The summed E-state index contributed by atoms with van der Waals surface area (Å²) in [5.74, 6) is -1.57. The van der Waals surface area contributed by atoms with E-state index >= 15 is 0 Å². The van der Waals surface area contributed by atoms with Gasteiger partial charge in [-0.25, -0.2) is 4.98 Å². The minimum Gasteiger partial charge on any atom is -0.467 e. The van der Waals surface area contributed by atoms with E-state index < -0.39 is 30.5 Å². The molecule has 0 saturated carbocycles. The molecule has 2 N–H and O–H groups in total. The molecule has 0 spiro atoms. The SMILES string of the molecule is CCCNC(=O)CNC(=O)c1cccnc1OCC(F)(F)F. The van der Waals surface area contributed by atoms with Crippen LogP contribution >= 0.6 is 0 Å². The first-order valence-electron chi connectivity index (χ1n) is 6.53. The summed E-state index contributed by atoms with van der Waals surface area (Å²) >= 11 is 0. The van der Waals surface area contributed by atoms with Crippen molar-refractivity contribution in [3.63, 3.8) is 0 Å². The largest absolute Gasteiger partial charge is 0.467 e. The van der Waals surface area contributed by atoms with Gasteiger partial charge in [0.15, 0.2) is 6.61 Å². The number of amides is 2. The Hall–Kier alpha value is -2.32. The smallest absolute Gasteiger partial charge is 0.422 e. The van der Waals surface area contributed by atoms with E-state index in [1.807, 2.05) is 6.92 Å². The van der Waals surface area contributed by atoms with Crippen LogP contribution in [0.5, 0.6) is 5.88 Å². The Morgan fingerprint density at radius 3 is 2.68 bits per heavy atom. The second-order valence-corrected chi connectivity index (χ2v) is 4.29. The number of nitrogens with one attached hydrogen (secondary N) is 2. The van der Waals surface area contributed by atoms with Crippen molar-refractivity contribution < 1.29 is 27.5 Å². The highest BCUT2D eigenvalue weighted by Gasteiger charge is 2.29. The molecule has 0 bridgehead atoms. The molecule has 6 nitrogen and oxygen atoms in total. The second kappa shape index (κ2) is 8.20. The fourth-order valence-electron chi connectivity index (χ4n) is 1.41. The van der Waals surface area contributed by atoms with Crippen LogP contribution in [0.15, 0.2) is 18.3 Å². The molecule has 9 heteroatoms. The van der Waals surface area contributed by atoms with E-state index in [-0.39, 0.29) is 12.1 Å². The molecule has 0 unspecified atom stereocenters. The van der Waals surface area contributed by atoms with Gasteiger partial charge in [-0.1, -0.05) is 6.92 Å². The average Bonchev–Trinajstić information content (AvgIpc) is 2.48. The van der Waals surface area contributed by atoms with Gasteiger partial charge in [0.25, 0.3) is 5.91 Å². The Labute approximate surface area is 125 Å². The Morgan fingerprint density at radius 1 is 1.32 bits per heavy atom. The summed E-state index contributed by atoms with van der Waals surface area (Å²) in [6, 6.07) is 2.64. The number of carbonyl (C=O) groups excluding carboxylic acids is 2. The summed E-state index contributed by atoms with van der Waals surface area (Å²) in [6.45, 7) is 0.508. The highest BCUT2D eigenvalue weighted by atomic mass is 19.4. The zero-order valence-electron chi connectivity index (χ0n) is 11.9. The normalized spacial score (nSPS) is 10.9. The van der Waals surface area contributed by atoms with Crippen molar-refractivity contribution in [2.45, 2.75) is 19.5 Å². The highest BCUT2D eigenvalue weighted by Crippen LogP contribution is 2.19. The third kappa shape index (κ3) is 6.42. The van der Waals surface area contributed by atoms with E-state index in [2.05, 4.69) is 20.4 Å². The van der Waals surface area contributed by atoms with E-state index in [9.17, 15) is 22.8 Å². The fraction of sp³-hybridized carbons (Fsp3) is 0.462. The van der Waals surface area contributed by atoms with Gasteiger partial charge in [0.05, 0.1) is 6.54 Å². The maximum absolute atomic E-state index is 12.1. The first kappa shape index (κ1) is 17.7. The van der Waals surface area contributed by atoms with Crippen LogP contribution in [0, 0.1) is 0 Å². The van der Waals surface area contributed by atoms with Crippen LogP contribution in [0.3, 0.4) is 0 Å². The lowest BCUT2D eigenvalue weighted by Crippen LogP contribution is -2.37. The number of alkyl halides is 3. The summed E-state index contributed by atoms with van der Waals surface area (Å²) in [5, 5.41) is 4.84. The summed E-state index contributed by atoms with van der Waals surface area (Å²) in [4.78, 5) is 26.8. The van der Waals surface area contributed by atoms with Crippen molar-refractivity contribution in [3.05, 3.63) is 23.9 Å². The third-order valence-electron chi connectivity index (χ3n) is 2.37. The van der Waals surface area contributed by atoms with Gasteiger partial charge in [0, 0.05) is 12.7 Å². The average molecular weight is 319 g/mol. The van der Waals surface area contributed by atoms with Crippen LogP contribution in [-0.4, -0.2) is 42.7 Å². The van der Waals surface area contributed by atoms with Crippen molar-refractivity contribution in [1.82, 2.24) is 15.6 Å². The maximum atomic E-state index is 12.1. The number of ether oxygens (including phenoxy) is 1. The molecule has 1 aromatic rings. The molecule has 1 heterocycles. The number of rotatable bonds is 7. The van der Waals surface area contributed by atoms with Crippen LogP contribution in [0.4, 0.5) is 13.2 Å². The van der Waals surface area contributed by atoms with Gasteiger partial charge in [-0.05, 0) is 18.6 Å². The molecule has 0 radical (unpaired) electrons. The Kier molecular flexibility index (Phi) is 6.61. The van der Waals surface area contributed by atoms with Crippen molar-refractivity contribution in [2.75, 3.05) is 19.7 Å². The van der Waals surface area contributed by atoms with Crippen molar-refractivity contribution in [1.29, 1.82) is 0 Å². The quantitative estimate of drug-likeness (QED) is 0.793. The van der Waals surface area contributed by atoms with Gasteiger partial charge in [-0.3, -0.25) is 9.59 Å². The first-order chi connectivity index (χ1) is 10.3. The lowest BCUT2D eigenvalue weighted by molar-refractivity contribution is -0.154.